The third kappa shape index (κ3) is 3.41. The molecule has 0 bridgehead atoms. The second kappa shape index (κ2) is 8.07. The lowest BCUT2D eigenvalue weighted by molar-refractivity contribution is -0.123. The van der Waals surface area contributed by atoms with Crippen LogP contribution in [-0.4, -0.2) is 39.0 Å². The molecule has 5 rings (SSSR count). The summed E-state index contributed by atoms with van der Waals surface area (Å²) in [6, 6.07) is 13.0. The van der Waals surface area contributed by atoms with Crippen molar-refractivity contribution >= 4 is 56.4 Å². The molecule has 166 valence electrons. The molecule has 33 heavy (non-hydrogen) atoms. The Hall–Kier alpha value is -4.17. The normalized spacial score (nSPS) is 13.9. The van der Waals surface area contributed by atoms with E-state index < -0.39 is 11.8 Å². The molecule has 0 spiro atoms. The predicted molar refractivity (Wildman–Crippen MR) is 126 cm³/mol. The summed E-state index contributed by atoms with van der Waals surface area (Å²) in [4.78, 5) is 40.9. The summed E-state index contributed by atoms with van der Waals surface area (Å²) in [6.45, 7) is 1.91. The first-order valence-electron chi connectivity index (χ1n) is 10.7. The van der Waals surface area contributed by atoms with E-state index in [1.807, 2.05) is 41.1 Å². The average molecular weight is 442 g/mol. The highest BCUT2D eigenvalue weighted by molar-refractivity contribution is 6.50. The Bertz CT molecular complexity index is 1470. The molecule has 8 nitrogen and oxygen atoms in total. The van der Waals surface area contributed by atoms with E-state index in [9.17, 15) is 19.5 Å². The number of para-hydroxylation sites is 2. The number of imide groups is 1. The molecule has 2 aromatic carbocycles. The van der Waals surface area contributed by atoms with Crippen LogP contribution < -0.4 is 10.6 Å². The monoisotopic (exact) mass is 442 g/mol. The van der Waals surface area contributed by atoms with Gasteiger partial charge < -0.3 is 20.0 Å². The molecule has 4 aromatic rings. The van der Waals surface area contributed by atoms with Crippen LogP contribution in [0.1, 0.15) is 24.5 Å². The highest BCUT2D eigenvalue weighted by atomic mass is 16.3. The second-order valence-corrected chi connectivity index (χ2v) is 7.98. The van der Waals surface area contributed by atoms with E-state index in [0.29, 0.717) is 35.4 Å². The van der Waals surface area contributed by atoms with Gasteiger partial charge in [0.1, 0.15) is 0 Å². The number of carbonyl (C=O) groups excluding carboxylic acids is 3. The van der Waals surface area contributed by atoms with Crippen LogP contribution in [0.15, 0.2) is 54.9 Å². The fraction of sp³-hybridized carbons (Fsp3) is 0.160. The number of aliphatic hydroxyl groups excluding tert-OH is 1. The van der Waals surface area contributed by atoms with Gasteiger partial charge in [-0.1, -0.05) is 30.3 Å². The molecule has 0 fully saturated rings. The van der Waals surface area contributed by atoms with E-state index in [1.54, 1.807) is 18.3 Å². The number of aromatic nitrogens is 2. The number of aromatic amines is 1. The number of anilines is 1. The smallest absolute Gasteiger partial charge is 0.259 e. The van der Waals surface area contributed by atoms with Crippen LogP contribution in [0, 0.1) is 0 Å². The molecule has 0 unspecified atom stereocenters. The molecular formula is C25H22N4O4. The Labute approximate surface area is 188 Å². The Kier molecular flexibility index (Phi) is 5.07. The minimum Gasteiger partial charge on any atom is -0.396 e. The van der Waals surface area contributed by atoms with Gasteiger partial charge in [0.25, 0.3) is 11.8 Å². The maximum atomic E-state index is 13.0. The van der Waals surface area contributed by atoms with Crippen molar-refractivity contribution in [2.45, 2.75) is 19.9 Å². The Balaban J connectivity index is 1.80. The standard InChI is InChI=1S/C25H22N4O4/c1-14(31)27-20-9-4-7-16-18(13-29(23(16)20)10-5-11-30)22-21(24(32)28-25(22)33)17-12-26-19-8-3-2-6-15(17)19/h2-4,6-9,12-13,26,30H,5,10-11H2,1H3,(H,27,31)(H,28,32,33). The van der Waals surface area contributed by atoms with Gasteiger partial charge in [-0.15, -0.1) is 0 Å². The fourth-order valence-corrected chi connectivity index (χ4v) is 4.51. The average Bonchev–Trinajstić information content (AvgIpc) is 3.45. The second-order valence-electron chi connectivity index (χ2n) is 7.98. The van der Waals surface area contributed by atoms with Crippen molar-refractivity contribution < 1.29 is 19.5 Å². The van der Waals surface area contributed by atoms with Crippen molar-refractivity contribution in [3.8, 4) is 0 Å². The lowest BCUT2D eigenvalue weighted by Crippen LogP contribution is -2.22. The SMILES string of the molecule is CC(=O)Nc1cccc2c(C3=C(c4c[nH]c5ccccc45)C(=O)NC3=O)cn(CCCO)c12. The number of aliphatic hydroxyl groups is 1. The van der Waals surface area contributed by atoms with Crippen LogP contribution >= 0.6 is 0 Å². The Morgan fingerprint density at radius 2 is 1.73 bits per heavy atom. The summed E-state index contributed by atoms with van der Waals surface area (Å²) in [5.41, 5.74) is 4.04. The highest BCUT2D eigenvalue weighted by Crippen LogP contribution is 2.39. The predicted octanol–water partition coefficient (Wildman–Crippen LogP) is 3.03. The number of benzene rings is 2. The molecule has 0 saturated carbocycles. The van der Waals surface area contributed by atoms with Gasteiger partial charge >= 0.3 is 0 Å². The van der Waals surface area contributed by atoms with Gasteiger partial charge in [-0.05, 0) is 18.6 Å². The summed E-state index contributed by atoms with van der Waals surface area (Å²) in [6.07, 6.45) is 4.05. The number of rotatable bonds is 6. The number of nitrogens with zero attached hydrogens (tertiary/aromatic N) is 1. The molecule has 1 aliphatic rings. The van der Waals surface area contributed by atoms with Gasteiger partial charge in [0, 0.05) is 59.9 Å². The molecule has 2 aromatic heterocycles. The van der Waals surface area contributed by atoms with E-state index >= 15 is 0 Å². The van der Waals surface area contributed by atoms with Gasteiger partial charge in [-0.2, -0.15) is 0 Å². The van der Waals surface area contributed by atoms with Gasteiger partial charge in [-0.3, -0.25) is 19.7 Å². The number of nitrogens with one attached hydrogen (secondary N) is 3. The van der Waals surface area contributed by atoms with Gasteiger partial charge in [0.2, 0.25) is 5.91 Å². The van der Waals surface area contributed by atoms with Crippen molar-refractivity contribution in [1.29, 1.82) is 0 Å². The lowest BCUT2D eigenvalue weighted by atomic mass is 9.95. The molecule has 8 heteroatoms. The topological polar surface area (TPSA) is 116 Å². The van der Waals surface area contributed by atoms with Gasteiger partial charge in [0.05, 0.1) is 22.4 Å². The van der Waals surface area contributed by atoms with Crippen molar-refractivity contribution in [3.05, 3.63) is 66.0 Å². The molecule has 0 saturated heterocycles. The zero-order valence-corrected chi connectivity index (χ0v) is 17.9. The summed E-state index contributed by atoms with van der Waals surface area (Å²) in [5, 5.41) is 16.2. The van der Waals surface area contributed by atoms with Crippen LogP contribution in [0.3, 0.4) is 0 Å². The molecule has 0 radical (unpaired) electrons. The Morgan fingerprint density at radius 3 is 2.48 bits per heavy atom. The number of H-pyrrole nitrogens is 1. The third-order valence-corrected chi connectivity index (χ3v) is 5.83. The maximum Gasteiger partial charge on any atom is 0.259 e. The molecule has 3 amide bonds. The zero-order chi connectivity index (χ0) is 23.1. The van der Waals surface area contributed by atoms with E-state index in [1.165, 1.54) is 6.92 Å². The number of carbonyl (C=O) groups is 3. The molecule has 1 aliphatic heterocycles. The van der Waals surface area contributed by atoms with E-state index in [2.05, 4.69) is 15.6 Å². The van der Waals surface area contributed by atoms with Crippen LogP contribution in [0.5, 0.6) is 0 Å². The zero-order valence-electron chi connectivity index (χ0n) is 17.9. The van der Waals surface area contributed by atoms with Crippen LogP contribution in [0.2, 0.25) is 0 Å². The van der Waals surface area contributed by atoms with Crippen molar-refractivity contribution in [2.75, 3.05) is 11.9 Å². The molecule has 4 N–H and O–H groups in total. The fourth-order valence-electron chi connectivity index (χ4n) is 4.51. The quantitative estimate of drug-likeness (QED) is 0.344. The first-order valence-corrected chi connectivity index (χ1v) is 10.7. The van der Waals surface area contributed by atoms with Crippen molar-refractivity contribution in [2.24, 2.45) is 0 Å². The number of aryl methyl sites for hydroxylation is 1. The van der Waals surface area contributed by atoms with Crippen LogP contribution in [0.25, 0.3) is 33.0 Å². The first-order chi connectivity index (χ1) is 16.0. The van der Waals surface area contributed by atoms with Crippen molar-refractivity contribution in [1.82, 2.24) is 14.9 Å². The summed E-state index contributed by atoms with van der Waals surface area (Å²) >= 11 is 0. The Morgan fingerprint density at radius 1 is 1.00 bits per heavy atom. The lowest BCUT2D eigenvalue weighted by Gasteiger charge is -2.09. The van der Waals surface area contributed by atoms with Crippen LogP contribution in [0.4, 0.5) is 5.69 Å². The first kappa shape index (κ1) is 20.7. The minimum absolute atomic E-state index is 0.000428. The molecule has 0 aliphatic carbocycles. The number of amides is 3. The molecule has 0 atom stereocenters. The summed E-state index contributed by atoms with van der Waals surface area (Å²) < 4.78 is 1.90. The molecule has 3 heterocycles. The molecular weight excluding hydrogens is 420 g/mol. The third-order valence-electron chi connectivity index (χ3n) is 5.83. The van der Waals surface area contributed by atoms with Gasteiger partial charge in [0.15, 0.2) is 0 Å². The number of hydrogen-bond acceptors (Lipinski definition) is 4. The van der Waals surface area contributed by atoms with Crippen molar-refractivity contribution in [3.63, 3.8) is 0 Å². The minimum atomic E-state index is -0.466. The number of hydrogen-bond donors (Lipinski definition) is 4. The number of fused-ring (bicyclic) bond motifs is 2. The van der Waals surface area contributed by atoms with E-state index in [-0.39, 0.29) is 18.1 Å². The van der Waals surface area contributed by atoms with Crippen LogP contribution in [-0.2, 0) is 20.9 Å². The highest BCUT2D eigenvalue weighted by Gasteiger charge is 2.35. The summed E-state index contributed by atoms with van der Waals surface area (Å²) in [7, 11) is 0. The largest absolute Gasteiger partial charge is 0.396 e. The van der Waals surface area contributed by atoms with E-state index in [4.69, 9.17) is 0 Å². The summed E-state index contributed by atoms with van der Waals surface area (Å²) in [5.74, 6) is -1.13. The maximum absolute atomic E-state index is 13.0. The van der Waals surface area contributed by atoms with E-state index in [0.717, 1.165) is 21.8 Å². The van der Waals surface area contributed by atoms with Gasteiger partial charge in [-0.25, -0.2) is 0 Å².